The van der Waals surface area contributed by atoms with Crippen LogP contribution in [0.15, 0.2) is 91.0 Å². The van der Waals surface area contributed by atoms with Crippen LogP contribution in [0.2, 0.25) is 0 Å². The quantitative estimate of drug-likeness (QED) is 0.559. The summed E-state index contributed by atoms with van der Waals surface area (Å²) in [4.78, 5) is 26.9. The average molecular weight is 401 g/mol. The monoisotopic (exact) mass is 400 g/mol. The molecule has 154 valence electrons. The van der Waals surface area contributed by atoms with Crippen molar-refractivity contribution in [1.29, 1.82) is 0 Å². The highest BCUT2D eigenvalue weighted by Gasteiger charge is 2.14. The van der Waals surface area contributed by atoms with E-state index < -0.39 is 0 Å². The number of hydrogen-bond donors (Lipinski definition) is 1. The van der Waals surface area contributed by atoms with Crippen LogP contribution in [0.3, 0.4) is 0 Å². The number of nitrogens with one attached hydrogen (secondary N) is 1. The highest BCUT2D eigenvalue weighted by atomic mass is 16.2. The molecule has 3 aromatic rings. The van der Waals surface area contributed by atoms with Gasteiger partial charge in [-0.15, -0.1) is 0 Å². The van der Waals surface area contributed by atoms with E-state index in [9.17, 15) is 9.59 Å². The van der Waals surface area contributed by atoms with Crippen molar-refractivity contribution in [2.45, 2.75) is 25.8 Å². The first kappa shape index (κ1) is 21.3. The van der Waals surface area contributed by atoms with Gasteiger partial charge in [0.15, 0.2) is 0 Å². The maximum absolute atomic E-state index is 12.9. The second kappa shape index (κ2) is 11.6. The largest absolute Gasteiger partial charge is 0.355 e. The molecule has 0 unspecified atom stereocenters. The lowest BCUT2D eigenvalue weighted by atomic mass is 10.1. The van der Waals surface area contributed by atoms with Crippen LogP contribution in [0.5, 0.6) is 0 Å². The number of hydrogen-bond acceptors (Lipinski definition) is 2. The standard InChI is InChI=1S/C26H28N2O2/c29-25(20-23-12-6-2-7-13-23)27-18-16-26(30)28(21-24-14-8-3-9-15-24)19-17-22-10-4-1-5-11-22/h1-15H,16-21H2,(H,27,29). The van der Waals surface area contributed by atoms with Crippen LogP contribution in [-0.2, 0) is 29.0 Å². The SMILES string of the molecule is O=C(Cc1ccccc1)NCCC(=O)N(CCc1ccccc1)Cc1ccccc1. The molecule has 0 fully saturated rings. The molecular weight excluding hydrogens is 372 g/mol. The van der Waals surface area contributed by atoms with Gasteiger partial charge >= 0.3 is 0 Å². The van der Waals surface area contributed by atoms with Crippen LogP contribution < -0.4 is 5.32 Å². The zero-order chi connectivity index (χ0) is 21.0. The van der Waals surface area contributed by atoms with Gasteiger partial charge in [0.05, 0.1) is 6.42 Å². The number of amides is 2. The first-order chi connectivity index (χ1) is 14.7. The van der Waals surface area contributed by atoms with Crippen LogP contribution in [0.1, 0.15) is 23.1 Å². The van der Waals surface area contributed by atoms with E-state index in [2.05, 4.69) is 17.4 Å². The van der Waals surface area contributed by atoms with Crippen molar-refractivity contribution in [3.05, 3.63) is 108 Å². The molecule has 3 aromatic carbocycles. The predicted molar refractivity (Wildman–Crippen MR) is 120 cm³/mol. The Hall–Kier alpha value is -3.40. The maximum Gasteiger partial charge on any atom is 0.224 e. The minimum absolute atomic E-state index is 0.0507. The summed E-state index contributed by atoms with van der Waals surface area (Å²) in [6, 6.07) is 29.8. The van der Waals surface area contributed by atoms with E-state index >= 15 is 0 Å². The predicted octanol–water partition coefficient (Wildman–Crippen LogP) is 4.01. The molecule has 0 radical (unpaired) electrons. The Morgan fingerprint density at radius 3 is 1.83 bits per heavy atom. The summed E-state index contributed by atoms with van der Waals surface area (Å²) >= 11 is 0. The highest BCUT2D eigenvalue weighted by molar-refractivity contribution is 5.80. The molecule has 0 saturated heterocycles. The Labute approximate surface area is 178 Å². The fourth-order valence-electron chi connectivity index (χ4n) is 3.32. The van der Waals surface area contributed by atoms with E-state index in [0.717, 1.165) is 17.5 Å². The topological polar surface area (TPSA) is 49.4 Å². The Bertz CT molecular complexity index is 912. The second-order valence-corrected chi connectivity index (χ2v) is 7.30. The van der Waals surface area contributed by atoms with Crippen LogP contribution >= 0.6 is 0 Å². The van der Waals surface area contributed by atoms with Gasteiger partial charge in [0.1, 0.15) is 0 Å². The van der Waals surface area contributed by atoms with Crippen LogP contribution in [-0.4, -0.2) is 29.8 Å². The van der Waals surface area contributed by atoms with Crippen molar-refractivity contribution in [2.24, 2.45) is 0 Å². The number of benzene rings is 3. The molecule has 3 rings (SSSR count). The number of rotatable bonds is 10. The van der Waals surface area contributed by atoms with Crippen molar-refractivity contribution in [3.8, 4) is 0 Å². The number of carbonyl (C=O) groups excluding carboxylic acids is 2. The van der Waals surface area contributed by atoms with Gasteiger partial charge in [0.25, 0.3) is 0 Å². The lowest BCUT2D eigenvalue weighted by Gasteiger charge is -2.23. The van der Waals surface area contributed by atoms with Gasteiger partial charge in [-0.3, -0.25) is 9.59 Å². The Morgan fingerprint density at radius 2 is 1.23 bits per heavy atom. The summed E-state index contributed by atoms with van der Waals surface area (Å²) in [6.45, 7) is 1.57. The van der Waals surface area contributed by atoms with Gasteiger partial charge in [-0.2, -0.15) is 0 Å². The average Bonchev–Trinajstić information content (AvgIpc) is 2.78. The summed E-state index contributed by atoms with van der Waals surface area (Å²) < 4.78 is 0. The minimum atomic E-state index is -0.0621. The van der Waals surface area contributed by atoms with E-state index in [1.54, 1.807) is 0 Å². The molecule has 0 saturated carbocycles. The van der Waals surface area contributed by atoms with E-state index in [-0.39, 0.29) is 11.8 Å². The molecule has 2 amide bonds. The zero-order valence-corrected chi connectivity index (χ0v) is 17.2. The summed E-state index contributed by atoms with van der Waals surface area (Å²) in [7, 11) is 0. The summed E-state index contributed by atoms with van der Waals surface area (Å²) in [5.41, 5.74) is 3.28. The van der Waals surface area contributed by atoms with E-state index in [0.29, 0.717) is 32.5 Å². The summed E-state index contributed by atoms with van der Waals surface area (Å²) in [5.74, 6) is -0.0114. The van der Waals surface area contributed by atoms with E-state index in [1.807, 2.05) is 83.8 Å². The second-order valence-electron chi connectivity index (χ2n) is 7.30. The van der Waals surface area contributed by atoms with Crippen molar-refractivity contribution >= 4 is 11.8 Å². The molecule has 0 aliphatic rings. The first-order valence-corrected chi connectivity index (χ1v) is 10.4. The third-order valence-corrected chi connectivity index (χ3v) is 4.95. The summed E-state index contributed by atoms with van der Waals surface area (Å²) in [5, 5.41) is 2.87. The van der Waals surface area contributed by atoms with E-state index in [1.165, 1.54) is 5.56 Å². The fraction of sp³-hybridized carbons (Fsp3) is 0.231. The lowest BCUT2D eigenvalue weighted by molar-refractivity contribution is -0.131. The molecule has 0 spiro atoms. The fourth-order valence-corrected chi connectivity index (χ4v) is 3.32. The van der Waals surface area contributed by atoms with Crippen molar-refractivity contribution in [2.75, 3.05) is 13.1 Å². The number of nitrogens with zero attached hydrogens (tertiary/aromatic N) is 1. The lowest BCUT2D eigenvalue weighted by Crippen LogP contribution is -2.35. The third-order valence-electron chi connectivity index (χ3n) is 4.95. The first-order valence-electron chi connectivity index (χ1n) is 10.4. The molecule has 4 nitrogen and oxygen atoms in total. The van der Waals surface area contributed by atoms with Gasteiger partial charge < -0.3 is 10.2 Å². The van der Waals surface area contributed by atoms with Crippen LogP contribution in [0, 0.1) is 0 Å². The number of carbonyl (C=O) groups is 2. The molecule has 1 N–H and O–H groups in total. The van der Waals surface area contributed by atoms with Crippen LogP contribution in [0.4, 0.5) is 0 Å². The molecule has 0 heterocycles. The Morgan fingerprint density at radius 1 is 0.700 bits per heavy atom. The van der Waals surface area contributed by atoms with Gasteiger partial charge in [0, 0.05) is 26.1 Å². The normalized spacial score (nSPS) is 10.4. The van der Waals surface area contributed by atoms with Gasteiger partial charge in [0.2, 0.25) is 11.8 Å². The molecular formula is C26H28N2O2. The third kappa shape index (κ3) is 7.21. The highest BCUT2D eigenvalue weighted by Crippen LogP contribution is 2.09. The van der Waals surface area contributed by atoms with Crippen molar-refractivity contribution in [1.82, 2.24) is 10.2 Å². The van der Waals surface area contributed by atoms with Crippen LogP contribution in [0.25, 0.3) is 0 Å². The molecule has 0 aliphatic heterocycles. The Balaban J connectivity index is 1.52. The molecule has 4 heteroatoms. The molecule has 0 aliphatic carbocycles. The maximum atomic E-state index is 12.9. The molecule has 0 atom stereocenters. The van der Waals surface area contributed by atoms with Crippen molar-refractivity contribution in [3.63, 3.8) is 0 Å². The minimum Gasteiger partial charge on any atom is -0.355 e. The van der Waals surface area contributed by atoms with Crippen molar-refractivity contribution < 1.29 is 9.59 Å². The molecule has 0 aromatic heterocycles. The van der Waals surface area contributed by atoms with Gasteiger partial charge in [-0.05, 0) is 23.1 Å². The van der Waals surface area contributed by atoms with Gasteiger partial charge in [-0.25, -0.2) is 0 Å². The Kier molecular flexibility index (Phi) is 8.22. The zero-order valence-electron chi connectivity index (χ0n) is 17.2. The smallest absolute Gasteiger partial charge is 0.224 e. The molecule has 0 bridgehead atoms. The van der Waals surface area contributed by atoms with Gasteiger partial charge in [-0.1, -0.05) is 91.0 Å². The summed E-state index contributed by atoms with van der Waals surface area (Å²) in [6.07, 6.45) is 1.43. The van der Waals surface area contributed by atoms with E-state index in [4.69, 9.17) is 0 Å². The molecule has 30 heavy (non-hydrogen) atoms.